The molecule has 2 unspecified atom stereocenters. The number of halogens is 3. The first-order chi connectivity index (χ1) is 6.58. The van der Waals surface area contributed by atoms with Gasteiger partial charge in [0.15, 0.2) is 0 Å². The zero-order valence-electron chi connectivity index (χ0n) is 8.19. The quantitative estimate of drug-likeness (QED) is 0.510. The normalized spacial score (nSPS) is 38.4. The highest BCUT2D eigenvalue weighted by Crippen LogP contribution is 2.42. The molecule has 0 aromatic carbocycles. The van der Waals surface area contributed by atoms with Crippen molar-refractivity contribution in [3.8, 4) is 0 Å². The fourth-order valence-corrected chi connectivity index (χ4v) is 3.02. The molecule has 0 N–H and O–H groups in total. The third-order valence-electron chi connectivity index (χ3n) is 3.32. The SMILES string of the molecule is ClC(Cl)(Cl)CN1C2CCCCCCC21. The van der Waals surface area contributed by atoms with Crippen molar-refractivity contribution in [2.45, 2.75) is 54.4 Å². The molecule has 2 aliphatic rings. The second-order valence-corrected chi connectivity index (χ2v) is 6.93. The predicted octanol–water partition coefficient (Wildman–Crippen LogP) is 3.76. The molecular formula is C10H16Cl3N. The molecule has 0 bridgehead atoms. The van der Waals surface area contributed by atoms with E-state index in [1.807, 2.05) is 0 Å². The van der Waals surface area contributed by atoms with Crippen LogP contribution in [0.5, 0.6) is 0 Å². The van der Waals surface area contributed by atoms with Gasteiger partial charge in [0.2, 0.25) is 3.79 Å². The lowest BCUT2D eigenvalue weighted by atomic mass is 10.0. The van der Waals surface area contributed by atoms with E-state index in [0.717, 1.165) is 0 Å². The molecule has 2 fully saturated rings. The first-order valence-corrected chi connectivity index (χ1v) is 6.54. The molecule has 0 aromatic heterocycles. The van der Waals surface area contributed by atoms with Gasteiger partial charge in [-0.25, -0.2) is 0 Å². The second-order valence-electron chi connectivity index (χ2n) is 4.41. The molecule has 0 amide bonds. The van der Waals surface area contributed by atoms with E-state index in [1.165, 1.54) is 38.5 Å². The summed E-state index contributed by atoms with van der Waals surface area (Å²) < 4.78 is -1.10. The first kappa shape index (κ1) is 11.3. The molecule has 0 aromatic rings. The van der Waals surface area contributed by atoms with Crippen LogP contribution in [0, 0.1) is 0 Å². The molecule has 1 saturated heterocycles. The van der Waals surface area contributed by atoms with Crippen molar-refractivity contribution in [2.75, 3.05) is 6.54 Å². The highest BCUT2D eigenvalue weighted by atomic mass is 35.6. The minimum absolute atomic E-state index is 0.604. The van der Waals surface area contributed by atoms with E-state index < -0.39 is 3.79 Å². The zero-order valence-corrected chi connectivity index (χ0v) is 10.5. The highest BCUT2D eigenvalue weighted by molar-refractivity contribution is 6.67. The monoisotopic (exact) mass is 255 g/mol. The maximum Gasteiger partial charge on any atom is 0.203 e. The second kappa shape index (κ2) is 4.37. The molecule has 1 aliphatic carbocycles. The third kappa shape index (κ3) is 2.91. The van der Waals surface area contributed by atoms with E-state index in [2.05, 4.69) is 4.90 Å². The summed E-state index contributed by atoms with van der Waals surface area (Å²) in [4.78, 5) is 2.36. The predicted molar refractivity (Wildman–Crippen MR) is 62.3 cm³/mol. The van der Waals surface area contributed by atoms with Crippen molar-refractivity contribution in [3.05, 3.63) is 0 Å². The van der Waals surface area contributed by atoms with Crippen LogP contribution in [0.4, 0.5) is 0 Å². The molecule has 1 heterocycles. The molecular weight excluding hydrogens is 240 g/mol. The van der Waals surface area contributed by atoms with Gasteiger partial charge < -0.3 is 0 Å². The Bertz CT molecular complexity index is 188. The molecule has 1 aliphatic heterocycles. The summed E-state index contributed by atoms with van der Waals surface area (Å²) in [7, 11) is 0. The van der Waals surface area contributed by atoms with E-state index in [1.54, 1.807) is 0 Å². The Labute approximate surface area is 101 Å². The minimum atomic E-state index is -1.10. The van der Waals surface area contributed by atoms with Gasteiger partial charge >= 0.3 is 0 Å². The Morgan fingerprint density at radius 2 is 1.43 bits per heavy atom. The summed E-state index contributed by atoms with van der Waals surface area (Å²) in [5, 5.41) is 0. The lowest BCUT2D eigenvalue weighted by Crippen LogP contribution is -2.20. The van der Waals surface area contributed by atoms with Crippen LogP contribution < -0.4 is 0 Å². The number of fused-ring (bicyclic) bond motifs is 1. The van der Waals surface area contributed by atoms with Gasteiger partial charge in [0, 0.05) is 18.6 Å². The Morgan fingerprint density at radius 3 is 1.86 bits per heavy atom. The van der Waals surface area contributed by atoms with E-state index >= 15 is 0 Å². The van der Waals surface area contributed by atoms with E-state index in [0.29, 0.717) is 18.6 Å². The summed E-state index contributed by atoms with van der Waals surface area (Å²) in [5.74, 6) is 0. The van der Waals surface area contributed by atoms with Crippen LogP contribution in [0.1, 0.15) is 38.5 Å². The minimum Gasteiger partial charge on any atom is -0.290 e. The largest absolute Gasteiger partial charge is 0.290 e. The molecule has 0 spiro atoms. The first-order valence-electron chi connectivity index (χ1n) is 5.40. The molecule has 1 nitrogen and oxygen atoms in total. The van der Waals surface area contributed by atoms with Gasteiger partial charge in [-0.05, 0) is 12.8 Å². The summed E-state index contributed by atoms with van der Waals surface area (Å²) in [6.07, 6.45) is 8.04. The van der Waals surface area contributed by atoms with Gasteiger partial charge in [-0.1, -0.05) is 60.5 Å². The van der Waals surface area contributed by atoms with Crippen molar-refractivity contribution in [2.24, 2.45) is 0 Å². The van der Waals surface area contributed by atoms with Crippen molar-refractivity contribution >= 4 is 34.8 Å². The van der Waals surface area contributed by atoms with Crippen LogP contribution >= 0.6 is 34.8 Å². The zero-order chi connectivity index (χ0) is 10.2. The Balaban J connectivity index is 1.85. The molecule has 2 rings (SSSR count). The van der Waals surface area contributed by atoms with Crippen LogP contribution in [-0.4, -0.2) is 27.3 Å². The number of hydrogen-bond donors (Lipinski definition) is 0. The van der Waals surface area contributed by atoms with Crippen molar-refractivity contribution < 1.29 is 0 Å². The Kier molecular flexibility index (Phi) is 3.53. The summed E-state index contributed by atoms with van der Waals surface area (Å²) >= 11 is 17.4. The van der Waals surface area contributed by atoms with Crippen LogP contribution in [0.2, 0.25) is 0 Å². The molecule has 4 heteroatoms. The molecule has 82 valence electrons. The smallest absolute Gasteiger partial charge is 0.203 e. The van der Waals surface area contributed by atoms with Gasteiger partial charge in [0.25, 0.3) is 0 Å². The van der Waals surface area contributed by atoms with Crippen LogP contribution in [0.15, 0.2) is 0 Å². The summed E-state index contributed by atoms with van der Waals surface area (Å²) in [6, 6.07) is 1.43. The van der Waals surface area contributed by atoms with Crippen molar-refractivity contribution in [1.29, 1.82) is 0 Å². The average molecular weight is 257 g/mol. The van der Waals surface area contributed by atoms with Crippen molar-refractivity contribution in [3.63, 3.8) is 0 Å². The maximum absolute atomic E-state index is 5.80. The van der Waals surface area contributed by atoms with Gasteiger partial charge in [-0.2, -0.15) is 0 Å². The molecule has 1 saturated carbocycles. The van der Waals surface area contributed by atoms with Crippen LogP contribution in [-0.2, 0) is 0 Å². The average Bonchev–Trinajstić information content (AvgIpc) is 2.55. The molecule has 14 heavy (non-hydrogen) atoms. The van der Waals surface area contributed by atoms with Gasteiger partial charge in [0.1, 0.15) is 0 Å². The van der Waals surface area contributed by atoms with Gasteiger partial charge in [0.05, 0.1) is 0 Å². The number of alkyl halides is 3. The standard InChI is InChI=1S/C10H16Cl3N/c11-10(12,13)7-14-8-5-3-1-2-4-6-9(8)14/h8-9H,1-7H2. The lowest BCUT2D eigenvalue weighted by molar-refractivity contribution is 0.471. The van der Waals surface area contributed by atoms with Gasteiger partial charge in [-0.15, -0.1) is 0 Å². The number of hydrogen-bond acceptors (Lipinski definition) is 1. The fraction of sp³-hybridized carbons (Fsp3) is 1.00. The molecule has 2 atom stereocenters. The van der Waals surface area contributed by atoms with E-state index in [4.69, 9.17) is 34.8 Å². The summed E-state index contributed by atoms with van der Waals surface area (Å²) in [5.41, 5.74) is 0. The van der Waals surface area contributed by atoms with Crippen LogP contribution in [0.3, 0.4) is 0 Å². The molecule has 0 radical (unpaired) electrons. The third-order valence-corrected chi connectivity index (χ3v) is 3.68. The van der Waals surface area contributed by atoms with E-state index in [-0.39, 0.29) is 0 Å². The van der Waals surface area contributed by atoms with Crippen molar-refractivity contribution in [1.82, 2.24) is 4.90 Å². The van der Waals surface area contributed by atoms with Gasteiger partial charge in [-0.3, -0.25) is 4.90 Å². The fourth-order valence-electron chi connectivity index (χ4n) is 2.61. The number of nitrogens with zero attached hydrogens (tertiary/aromatic N) is 1. The maximum atomic E-state index is 5.80. The highest BCUT2D eigenvalue weighted by Gasteiger charge is 2.48. The number of rotatable bonds is 1. The topological polar surface area (TPSA) is 3.01 Å². The Hall–Kier alpha value is 0.830. The summed E-state index contributed by atoms with van der Waals surface area (Å²) in [6.45, 7) is 0.604. The lowest BCUT2D eigenvalue weighted by Gasteiger charge is -2.12. The van der Waals surface area contributed by atoms with Crippen LogP contribution in [0.25, 0.3) is 0 Å². The Morgan fingerprint density at radius 1 is 0.929 bits per heavy atom. The van der Waals surface area contributed by atoms with E-state index in [9.17, 15) is 0 Å².